The molecule has 0 unspecified atom stereocenters. The number of nitrogens with zero attached hydrogens (tertiary/aromatic N) is 1. The zero-order valence-electron chi connectivity index (χ0n) is 10.8. The van der Waals surface area contributed by atoms with Crippen molar-refractivity contribution in [3.05, 3.63) is 34.3 Å². The number of likely N-dealkylation sites (N-methyl/N-ethyl adjacent to an activating group) is 1. The zero-order chi connectivity index (χ0) is 13.8. The first kappa shape index (κ1) is 13.8. The fourth-order valence-electron chi connectivity index (χ4n) is 1.97. The number of benzene rings is 1. The van der Waals surface area contributed by atoms with E-state index in [-0.39, 0.29) is 19.3 Å². The number of aromatic amines is 1. The van der Waals surface area contributed by atoms with Crippen LogP contribution in [0.15, 0.2) is 27.4 Å². The Balaban J connectivity index is 2.03. The second-order valence-corrected chi connectivity index (χ2v) is 4.59. The van der Waals surface area contributed by atoms with Gasteiger partial charge < -0.3 is 14.6 Å². The minimum atomic E-state index is -0.454. The highest BCUT2D eigenvalue weighted by Gasteiger charge is 2.12. The number of hydrogen-bond donors (Lipinski definition) is 3. The second kappa shape index (κ2) is 6.01. The highest BCUT2D eigenvalue weighted by molar-refractivity contribution is 5.72. The molecule has 6 heteroatoms. The van der Waals surface area contributed by atoms with Crippen molar-refractivity contribution in [3.63, 3.8) is 0 Å². The van der Waals surface area contributed by atoms with E-state index in [4.69, 9.17) is 14.6 Å². The summed E-state index contributed by atoms with van der Waals surface area (Å²) in [6.45, 7) is 0.559. The molecule has 2 aromatic rings. The van der Waals surface area contributed by atoms with E-state index in [0.717, 1.165) is 12.0 Å². The molecule has 0 bridgehead atoms. The first-order valence-electron chi connectivity index (χ1n) is 6.17. The number of nitrogens with one attached hydrogen (secondary N) is 1. The van der Waals surface area contributed by atoms with Crippen LogP contribution < -0.4 is 5.76 Å². The Kier molecular flexibility index (Phi) is 4.36. The smallest absolute Gasteiger partial charge is 0.408 e. The minimum absolute atomic E-state index is 0.0707. The van der Waals surface area contributed by atoms with Gasteiger partial charge in [0, 0.05) is 6.54 Å². The van der Waals surface area contributed by atoms with E-state index < -0.39 is 5.76 Å². The summed E-state index contributed by atoms with van der Waals surface area (Å²) in [5.41, 5.74) is 2.27. The normalized spacial score (nSPS) is 11.8. The molecule has 1 aromatic heterocycles. The van der Waals surface area contributed by atoms with Gasteiger partial charge in [0.15, 0.2) is 5.58 Å². The molecule has 104 valence electrons. The number of fused-ring (bicyclic) bond motifs is 1. The lowest BCUT2D eigenvalue weighted by Gasteiger charge is -2.24. The van der Waals surface area contributed by atoms with E-state index in [1.165, 1.54) is 0 Å². The van der Waals surface area contributed by atoms with Crippen LogP contribution in [0.1, 0.15) is 5.56 Å². The number of aliphatic hydroxyl groups excluding tert-OH is 2. The monoisotopic (exact) mass is 266 g/mol. The molecule has 0 atom stereocenters. The number of rotatable bonds is 6. The second-order valence-electron chi connectivity index (χ2n) is 4.59. The van der Waals surface area contributed by atoms with Crippen molar-refractivity contribution >= 4 is 11.1 Å². The number of H-pyrrole nitrogens is 1. The number of oxazole rings is 1. The lowest BCUT2D eigenvalue weighted by molar-refractivity contribution is 0.0925. The van der Waals surface area contributed by atoms with Crippen molar-refractivity contribution in [1.29, 1.82) is 0 Å². The van der Waals surface area contributed by atoms with Gasteiger partial charge >= 0.3 is 5.76 Å². The van der Waals surface area contributed by atoms with Crippen LogP contribution in [0, 0.1) is 0 Å². The summed E-state index contributed by atoms with van der Waals surface area (Å²) < 4.78 is 5.00. The van der Waals surface area contributed by atoms with Crippen molar-refractivity contribution in [1.82, 2.24) is 9.88 Å². The van der Waals surface area contributed by atoms with Crippen molar-refractivity contribution < 1.29 is 14.6 Å². The van der Waals surface area contributed by atoms with Gasteiger partial charge in [-0.3, -0.25) is 9.88 Å². The minimum Gasteiger partial charge on any atom is -0.408 e. The molecule has 0 amide bonds. The quantitative estimate of drug-likeness (QED) is 0.682. The topological polar surface area (TPSA) is 89.7 Å². The maximum atomic E-state index is 11.0. The molecule has 0 aliphatic carbocycles. The molecule has 3 N–H and O–H groups in total. The van der Waals surface area contributed by atoms with Gasteiger partial charge in [0.1, 0.15) is 0 Å². The summed E-state index contributed by atoms with van der Waals surface area (Å²) in [6, 6.07) is 5.32. The van der Waals surface area contributed by atoms with Gasteiger partial charge in [-0.2, -0.15) is 0 Å². The molecular formula is C13H18N2O4. The SMILES string of the molecule is CN(CCc1ccc2[nH]c(=O)oc2c1)C(CO)CO. The van der Waals surface area contributed by atoms with Crippen molar-refractivity contribution in [2.24, 2.45) is 0 Å². The number of hydrogen-bond acceptors (Lipinski definition) is 5. The van der Waals surface area contributed by atoms with Gasteiger partial charge in [-0.15, -0.1) is 0 Å². The molecule has 0 saturated heterocycles. The van der Waals surface area contributed by atoms with Crippen molar-refractivity contribution in [2.75, 3.05) is 26.8 Å². The first-order valence-corrected chi connectivity index (χ1v) is 6.17. The molecule has 0 radical (unpaired) electrons. The van der Waals surface area contributed by atoms with Crippen molar-refractivity contribution in [3.8, 4) is 0 Å². The summed E-state index contributed by atoms with van der Waals surface area (Å²) in [6.07, 6.45) is 0.748. The number of aliphatic hydroxyl groups is 2. The molecule has 0 aliphatic heterocycles. The van der Waals surface area contributed by atoms with Crippen LogP contribution in [0.4, 0.5) is 0 Å². The van der Waals surface area contributed by atoms with Crippen LogP contribution in [0.5, 0.6) is 0 Å². The number of aromatic nitrogens is 1. The predicted molar refractivity (Wildman–Crippen MR) is 71.1 cm³/mol. The molecule has 0 aliphatic rings. The van der Waals surface area contributed by atoms with Gasteiger partial charge in [-0.1, -0.05) is 6.07 Å². The van der Waals surface area contributed by atoms with Gasteiger partial charge in [-0.25, -0.2) is 4.79 Å². The lowest BCUT2D eigenvalue weighted by atomic mass is 10.1. The van der Waals surface area contributed by atoms with E-state index in [0.29, 0.717) is 17.6 Å². The third-order valence-electron chi connectivity index (χ3n) is 3.28. The average molecular weight is 266 g/mol. The van der Waals surface area contributed by atoms with E-state index in [1.54, 1.807) is 0 Å². The Hall–Kier alpha value is -1.63. The zero-order valence-corrected chi connectivity index (χ0v) is 10.8. The maximum Gasteiger partial charge on any atom is 0.417 e. The maximum absolute atomic E-state index is 11.0. The molecule has 0 fully saturated rings. The van der Waals surface area contributed by atoms with Crippen LogP contribution in [-0.2, 0) is 6.42 Å². The summed E-state index contributed by atoms with van der Waals surface area (Å²) in [4.78, 5) is 15.5. The summed E-state index contributed by atoms with van der Waals surface area (Å²) in [5, 5.41) is 18.2. The van der Waals surface area contributed by atoms with E-state index in [9.17, 15) is 4.79 Å². The molecular weight excluding hydrogens is 248 g/mol. The standard InChI is InChI=1S/C13H18N2O4/c1-15(10(7-16)8-17)5-4-9-2-3-11-12(6-9)19-13(18)14-11/h2-3,6,10,16-17H,4-5,7-8H2,1H3,(H,14,18). The molecule has 6 nitrogen and oxygen atoms in total. The van der Waals surface area contributed by atoms with Crippen LogP contribution in [-0.4, -0.2) is 52.9 Å². The Morgan fingerprint density at radius 3 is 2.79 bits per heavy atom. The summed E-state index contributed by atoms with van der Waals surface area (Å²) in [7, 11) is 1.85. The Morgan fingerprint density at radius 1 is 1.37 bits per heavy atom. The van der Waals surface area contributed by atoms with Crippen LogP contribution in [0.25, 0.3) is 11.1 Å². The lowest BCUT2D eigenvalue weighted by Crippen LogP contribution is -2.38. The molecule has 1 aromatic carbocycles. The van der Waals surface area contributed by atoms with Crippen molar-refractivity contribution in [2.45, 2.75) is 12.5 Å². The Morgan fingerprint density at radius 2 is 2.11 bits per heavy atom. The van der Waals surface area contributed by atoms with Gasteiger partial charge in [0.25, 0.3) is 0 Å². The van der Waals surface area contributed by atoms with Crippen LogP contribution >= 0.6 is 0 Å². The molecule has 2 rings (SSSR count). The highest BCUT2D eigenvalue weighted by Crippen LogP contribution is 2.13. The molecule has 0 spiro atoms. The van der Waals surface area contributed by atoms with Crippen LogP contribution in [0.2, 0.25) is 0 Å². The molecule has 1 heterocycles. The third-order valence-corrected chi connectivity index (χ3v) is 3.28. The molecule has 19 heavy (non-hydrogen) atoms. The van der Waals surface area contributed by atoms with E-state index in [2.05, 4.69) is 4.98 Å². The third kappa shape index (κ3) is 3.23. The highest BCUT2D eigenvalue weighted by atomic mass is 16.4. The van der Waals surface area contributed by atoms with Gasteiger partial charge in [-0.05, 0) is 31.2 Å². The van der Waals surface area contributed by atoms with E-state index in [1.807, 2.05) is 30.1 Å². The summed E-state index contributed by atoms with van der Waals surface area (Å²) in [5.74, 6) is -0.454. The fraction of sp³-hybridized carbons (Fsp3) is 0.462. The summed E-state index contributed by atoms with van der Waals surface area (Å²) >= 11 is 0. The fourth-order valence-corrected chi connectivity index (χ4v) is 1.97. The van der Waals surface area contributed by atoms with Gasteiger partial charge in [0.2, 0.25) is 0 Å². The van der Waals surface area contributed by atoms with E-state index >= 15 is 0 Å². The predicted octanol–water partition coefficient (Wildman–Crippen LogP) is -0.0514. The first-order chi connectivity index (χ1) is 9.13. The Bertz CT molecular complexity index is 586. The van der Waals surface area contributed by atoms with Crippen LogP contribution in [0.3, 0.4) is 0 Å². The molecule has 0 saturated carbocycles. The van der Waals surface area contributed by atoms with Gasteiger partial charge in [0.05, 0.1) is 24.8 Å². The Labute approximate surface area is 110 Å². The average Bonchev–Trinajstić information content (AvgIpc) is 2.77. The largest absolute Gasteiger partial charge is 0.417 e.